The molecule has 1 N–H and O–H groups in total. The van der Waals surface area contributed by atoms with Gasteiger partial charge in [-0.05, 0) is 12.3 Å². The molecule has 1 fully saturated rings. The number of carbonyl (C=O) groups excluding carboxylic acids is 2. The van der Waals surface area contributed by atoms with Gasteiger partial charge in [0.2, 0.25) is 11.8 Å². The van der Waals surface area contributed by atoms with E-state index < -0.39 is 0 Å². The van der Waals surface area contributed by atoms with Crippen LogP contribution < -0.4 is 5.32 Å². The molecule has 1 aliphatic rings. The summed E-state index contributed by atoms with van der Waals surface area (Å²) in [4.78, 5) is 25.1. The lowest BCUT2D eigenvalue weighted by atomic mass is 10.0. The summed E-state index contributed by atoms with van der Waals surface area (Å²) in [5, 5.41) is 2.72. The number of nitrogens with zero attached hydrogens (tertiary/aromatic N) is 1. The number of carbonyl (C=O) groups is 2. The zero-order valence-electron chi connectivity index (χ0n) is 10.5. The molecule has 0 aliphatic carbocycles. The Bertz CT molecular complexity index is 262. The van der Waals surface area contributed by atoms with Crippen LogP contribution in [-0.4, -0.2) is 35.8 Å². The van der Waals surface area contributed by atoms with Crippen molar-refractivity contribution in [3.8, 4) is 0 Å². The third-order valence-electron chi connectivity index (χ3n) is 3.32. The molecule has 1 atom stereocenters. The lowest BCUT2D eigenvalue weighted by molar-refractivity contribution is -0.145. The maximum atomic E-state index is 12.0. The molecule has 4 nitrogen and oxygen atoms in total. The van der Waals surface area contributed by atoms with Crippen LogP contribution in [-0.2, 0) is 9.59 Å². The van der Waals surface area contributed by atoms with Crippen molar-refractivity contribution in [3.05, 3.63) is 0 Å². The van der Waals surface area contributed by atoms with Gasteiger partial charge in [0.05, 0.1) is 6.54 Å². The lowest BCUT2D eigenvalue weighted by Crippen LogP contribution is -2.58. The first-order valence-corrected chi connectivity index (χ1v) is 6.20. The molecule has 2 amide bonds. The Morgan fingerprint density at radius 2 is 1.94 bits per heavy atom. The minimum Gasteiger partial charge on any atom is -0.343 e. The van der Waals surface area contributed by atoms with Crippen molar-refractivity contribution in [1.82, 2.24) is 10.2 Å². The van der Waals surface area contributed by atoms with Gasteiger partial charge in [0.1, 0.15) is 6.04 Å². The number of hydrogen-bond donors (Lipinski definition) is 1. The zero-order chi connectivity index (χ0) is 12.1. The molecule has 0 aromatic heterocycles. The van der Waals surface area contributed by atoms with Gasteiger partial charge in [0, 0.05) is 6.54 Å². The highest BCUT2D eigenvalue weighted by Gasteiger charge is 2.31. The van der Waals surface area contributed by atoms with Gasteiger partial charge in [-0.25, -0.2) is 0 Å². The van der Waals surface area contributed by atoms with E-state index in [4.69, 9.17) is 0 Å². The Labute approximate surface area is 97.4 Å². The Morgan fingerprint density at radius 3 is 2.44 bits per heavy atom. The number of piperazine rings is 1. The minimum absolute atomic E-state index is 0.0302. The first kappa shape index (κ1) is 13.0. The van der Waals surface area contributed by atoms with Crippen LogP contribution in [0.3, 0.4) is 0 Å². The first-order chi connectivity index (χ1) is 7.62. The molecular weight excluding hydrogens is 204 g/mol. The Hall–Kier alpha value is -1.06. The molecule has 0 aromatic rings. The van der Waals surface area contributed by atoms with Gasteiger partial charge in [-0.15, -0.1) is 0 Å². The molecule has 1 unspecified atom stereocenters. The topological polar surface area (TPSA) is 49.4 Å². The van der Waals surface area contributed by atoms with Gasteiger partial charge in [0.25, 0.3) is 0 Å². The SMILES string of the molecule is CCC(CC)CN1CC(=O)NC(CC)C1=O. The zero-order valence-corrected chi connectivity index (χ0v) is 10.5. The number of hydrogen-bond acceptors (Lipinski definition) is 2. The van der Waals surface area contributed by atoms with Crippen LogP contribution >= 0.6 is 0 Å². The summed E-state index contributed by atoms with van der Waals surface area (Å²) in [7, 11) is 0. The fourth-order valence-electron chi connectivity index (χ4n) is 2.06. The molecule has 1 rings (SSSR count). The summed E-state index contributed by atoms with van der Waals surface area (Å²) in [5.74, 6) is 0.554. The van der Waals surface area contributed by atoms with Gasteiger partial charge in [-0.1, -0.05) is 33.6 Å². The second-order valence-corrected chi connectivity index (χ2v) is 4.43. The molecule has 0 bridgehead atoms. The second kappa shape index (κ2) is 5.87. The predicted octanol–water partition coefficient (Wildman–Crippen LogP) is 1.16. The summed E-state index contributed by atoms with van der Waals surface area (Å²) in [5.41, 5.74) is 0. The minimum atomic E-state index is -0.310. The van der Waals surface area contributed by atoms with Crippen LogP contribution in [0.25, 0.3) is 0 Å². The number of nitrogens with one attached hydrogen (secondary N) is 1. The fourth-order valence-corrected chi connectivity index (χ4v) is 2.06. The van der Waals surface area contributed by atoms with E-state index in [1.807, 2.05) is 6.92 Å². The van der Waals surface area contributed by atoms with E-state index in [1.165, 1.54) is 0 Å². The predicted molar refractivity (Wildman–Crippen MR) is 62.9 cm³/mol. The van der Waals surface area contributed by atoms with E-state index in [9.17, 15) is 9.59 Å². The highest BCUT2D eigenvalue weighted by atomic mass is 16.2. The fraction of sp³-hybridized carbons (Fsp3) is 0.833. The molecule has 4 heteroatoms. The molecule has 0 aromatic carbocycles. The molecule has 1 heterocycles. The highest BCUT2D eigenvalue weighted by Crippen LogP contribution is 2.13. The second-order valence-electron chi connectivity index (χ2n) is 4.43. The van der Waals surface area contributed by atoms with Crippen molar-refractivity contribution in [3.63, 3.8) is 0 Å². The maximum Gasteiger partial charge on any atom is 0.245 e. The molecule has 1 saturated heterocycles. The van der Waals surface area contributed by atoms with Gasteiger partial charge < -0.3 is 10.2 Å². The monoisotopic (exact) mass is 226 g/mol. The number of rotatable bonds is 5. The van der Waals surface area contributed by atoms with Crippen molar-refractivity contribution in [2.45, 2.75) is 46.1 Å². The van der Waals surface area contributed by atoms with E-state index in [-0.39, 0.29) is 24.4 Å². The third-order valence-corrected chi connectivity index (χ3v) is 3.32. The van der Waals surface area contributed by atoms with Gasteiger partial charge in [0.15, 0.2) is 0 Å². The number of amides is 2. The van der Waals surface area contributed by atoms with Crippen LogP contribution in [0.15, 0.2) is 0 Å². The van der Waals surface area contributed by atoms with Crippen LogP contribution in [0.1, 0.15) is 40.0 Å². The van der Waals surface area contributed by atoms with Crippen LogP contribution in [0.5, 0.6) is 0 Å². The first-order valence-electron chi connectivity index (χ1n) is 6.20. The van der Waals surface area contributed by atoms with E-state index in [1.54, 1.807) is 4.90 Å². The summed E-state index contributed by atoms with van der Waals surface area (Å²) < 4.78 is 0. The van der Waals surface area contributed by atoms with E-state index in [0.29, 0.717) is 12.3 Å². The van der Waals surface area contributed by atoms with Crippen molar-refractivity contribution >= 4 is 11.8 Å². The van der Waals surface area contributed by atoms with Crippen molar-refractivity contribution in [2.75, 3.05) is 13.1 Å². The summed E-state index contributed by atoms with van der Waals surface area (Å²) in [6, 6.07) is -0.310. The molecule has 16 heavy (non-hydrogen) atoms. The van der Waals surface area contributed by atoms with Crippen molar-refractivity contribution < 1.29 is 9.59 Å². The normalized spacial score (nSPS) is 21.5. The summed E-state index contributed by atoms with van der Waals surface area (Å²) >= 11 is 0. The van der Waals surface area contributed by atoms with Gasteiger partial charge in [-0.2, -0.15) is 0 Å². The molecular formula is C12H22N2O2. The van der Waals surface area contributed by atoms with E-state index in [2.05, 4.69) is 19.2 Å². The molecule has 0 radical (unpaired) electrons. The van der Waals surface area contributed by atoms with Crippen LogP contribution in [0.2, 0.25) is 0 Å². The maximum absolute atomic E-state index is 12.0. The Balaban J connectivity index is 2.63. The standard InChI is InChI=1S/C12H22N2O2/c1-4-9(5-2)7-14-8-11(15)13-10(6-3)12(14)16/h9-10H,4-8H2,1-3H3,(H,13,15). The molecule has 1 aliphatic heterocycles. The van der Waals surface area contributed by atoms with E-state index >= 15 is 0 Å². The average Bonchev–Trinajstić information content (AvgIpc) is 2.29. The summed E-state index contributed by atoms with van der Waals surface area (Å²) in [6.07, 6.45) is 2.78. The van der Waals surface area contributed by atoms with Gasteiger partial charge >= 0.3 is 0 Å². The Morgan fingerprint density at radius 1 is 1.31 bits per heavy atom. The van der Waals surface area contributed by atoms with Crippen molar-refractivity contribution in [1.29, 1.82) is 0 Å². The molecule has 0 spiro atoms. The molecule has 0 saturated carbocycles. The summed E-state index contributed by atoms with van der Waals surface area (Å²) in [6.45, 7) is 7.12. The molecule has 92 valence electrons. The largest absolute Gasteiger partial charge is 0.343 e. The quantitative estimate of drug-likeness (QED) is 0.764. The lowest BCUT2D eigenvalue weighted by Gasteiger charge is -2.34. The smallest absolute Gasteiger partial charge is 0.245 e. The van der Waals surface area contributed by atoms with Gasteiger partial charge in [-0.3, -0.25) is 9.59 Å². The highest BCUT2D eigenvalue weighted by molar-refractivity contribution is 5.94. The van der Waals surface area contributed by atoms with E-state index in [0.717, 1.165) is 19.4 Å². The third kappa shape index (κ3) is 2.97. The van der Waals surface area contributed by atoms with Crippen LogP contribution in [0.4, 0.5) is 0 Å². The van der Waals surface area contributed by atoms with Crippen molar-refractivity contribution in [2.24, 2.45) is 5.92 Å². The Kier molecular flexibility index (Phi) is 4.77. The average molecular weight is 226 g/mol. The van der Waals surface area contributed by atoms with Crippen LogP contribution in [0, 0.1) is 5.92 Å².